The number of benzene rings is 2. The van der Waals surface area contributed by atoms with Gasteiger partial charge in [0, 0.05) is 12.0 Å². The summed E-state index contributed by atoms with van der Waals surface area (Å²) in [5.41, 5.74) is 0.648. The van der Waals surface area contributed by atoms with Crippen LogP contribution in [0.2, 0.25) is 0 Å². The molecule has 0 aliphatic carbocycles. The van der Waals surface area contributed by atoms with E-state index in [4.69, 9.17) is 14.2 Å². The molecule has 168 valence electrons. The van der Waals surface area contributed by atoms with Crippen LogP contribution in [0.3, 0.4) is 0 Å². The number of aromatic carboxylic acids is 1. The molecule has 0 aromatic heterocycles. The molecule has 0 saturated carbocycles. The SMILES string of the molecule is COc1ccc(C(=O)O)cc1O[C@@H](C)COc1ccc(C(=O)CC(C)(C)C)c(O)c1C. The number of aromatic hydroxyl groups is 1. The van der Waals surface area contributed by atoms with Gasteiger partial charge in [0.15, 0.2) is 17.3 Å². The molecule has 0 bridgehead atoms. The lowest BCUT2D eigenvalue weighted by Gasteiger charge is -2.20. The lowest BCUT2D eigenvalue weighted by atomic mass is 9.87. The number of hydrogen-bond acceptors (Lipinski definition) is 6. The van der Waals surface area contributed by atoms with Crippen LogP contribution in [0.5, 0.6) is 23.0 Å². The van der Waals surface area contributed by atoms with Gasteiger partial charge in [-0.3, -0.25) is 4.79 Å². The highest BCUT2D eigenvalue weighted by Crippen LogP contribution is 2.34. The number of phenolic OH excluding ortho intramolecular Hbond substituents is 1. The number of Topliss-reactive ketones (excluding diaryl/α,β-unsaturated/α-hetero) is 1. The Morgan fingerprint density at radius 1 is 1.06 bits per heavy atom. The van der Waals surface area contributed by atoms with Crippen LogP contribution < -0.4 is 14.2 Å². The van der Waals surface area contributed by atoms with Crippen molar-refractivity contribution in [2.24, 2.45) is 5.41 Å². The number of rotatable bonds is 9. The fourth-order valence-electron chi connectivity index (χ4n) is 3.00. The summed E-state index contributed by atoms with van der Waals surface area (Å²) in [5, 5.41) is 19.7. The first kappa shape index (κ1) is 24.1. The van der Waals surface area contributed by atoms with Gasteiger partial charge in [-0.15, -0.1) is 0 Å². The summed E-state index contributed by atoms with van der Waals surface area (Å²) in [6.07, 6.45) is -0.121. The van der Waals surface area contributed by atoms with E-state index < -0.39 is 12.1 Å². The average Bonchev–Trinajstić information content (AvgIpc) is 2.67. The maximum absolute atomic E-state index is 12.5. The van der Waals surface area contributed by atoms with Crippen LogP contribution in [-0.4, -0.2) is 41.8 Å². The molecule has 0 fully saturated rings. The first-order chi connectivity index (χ1) is 14.4. The average molecular weight is 430 g/mol. The van der Waals surface area contributed by atoms with Gasteiger partial charge in [-0.1, -0.05) is 20.8 Å². The number of methoxy groups -OCH3 is 1. The maximum Gasteiger partial charge on any atom is 0.335 e. The highest BCUT2D eigenvalue weighted by molar-refractivity contribution is 5.99. The number of ketones is 1. The predicted octanol–water partition coefficient (Wildman–Crippen LogP) is 4.87. The summed E-state index contributed by atoms with van der Waals surface area (Å²) < 4.78 is 16.8. The van der Waals surface area contributed by atoms with E-state index in [1.807, 2.05) is 20.8 Å². The van der Waals surface area contributed by atoms with E-state index >= 15 is 0 Å². The Kier molecular flexibility index (Phi) is 7.55. The molecule has 0 spiro atoms. The fraction of sp³-hybridized carbons (Fsp3) is 0.417. The molecule has 2 N–H and O–H groups in total. The number of carboxylic acids is 1. The van der Waals surface area contributed by atoms with Crippen molar-refractivity contribution in [3.05, 3.63) is 47.0 Å². The quantitative estimate of drug-likeness (QED) is 0.547. The van der Waals surface area contributed by atoms with Gasteiger partial charge in [0.1, 0.15) is 24.2 Å². The zero-order valence-corrected chi connectivity index (χ0v) is 18.8. The summed E-state index contributed by atoms with van der Waals surface area (Å²) in [6.45, 7) is 9.49. The van der Waals surface area contributed by atoms with E-state index in [1.54, 1.807) is 26.0 Å². The Labute approximate surface area is 182 Å². The second kappa shape index (κ2) is 9.73. The molecule has 2 aromatic carbocycles. The lowest BCUT2D eigenvalue weighted by Crippen LogP contribution is -2.22. The zero-order chi connectivity index (χ0) is 23.3. The third kappa shape index (κ3) is 6.38. The van der Waals surface area contributed by atoms with Crippen molar-refractivity contribution in [3.8, 4) is 23.0 Å². The maximum atomic E-state index is 12.5. The molecule has 7 heteroatoms. The third-order valence-electron chi connectivity index (χ3n) is 4.58. The van der Waals surface area contributed by atoms with E-state index in [9.17, 15) is 19.8 Å². The van der Waals surface area contributed by atoms with Crippen LogP contribution >= 0.6 is 0 Å². The van der Waals surface area contributed by atoms with Gasteiger partial charge in [-0.05, 0) is 49.6 Å². The molecule has 2 rings (SSSR count). The molecule has 0 radical (unpaired) electrons. The molecule has 7 nitrogen and oxygen atoms in total. The van der Waals surface area contributed by atoms with Crippen molar-refractivity contribution >= 4 is 11.8 Å². The molecule has 0 heterocycles. The van der Waals surface area contributed by atoms with Crippen LogP contribution in [0.4, 0.5) is 0 Å². The van der Waals surface area contributed by atoms with Gasteiger partial charge in [0.05, 0.1) is 18.2 Å². The van der Waals surface area contributed by atoms with Gasteiger partial charge in [-0.25, -0.2) is 4.79 Å². The number of carbonyl (C=O) groups is 2. The van der Waals surface area contributed by atoms with Gasteiger partial charge >= 0.3 is 5.97 Å². The van der Waals surface area contributed by atoms with Crippen LogP contribution in [-0.2, 0) is 0 Å². The van der Waals surface area contributed by atoms with Crippen LogP contribution in [0.15, 0.2) is 30.3 Å². The summed E-state index contributed by atoms with van der Waals surface area (Å²) in [7, 11) is 1.47. The third-order valence-corrected chi connectivity index (χ3v) is 4.58. The number of hydrogen-bond donors (Lipinski definition) is 2. The molecule has 0 amide bonds. The van der Waals surface area contributed by atoms with Crippen molar-refractivity contribution in [3.63, 3.8) is 0 Å². The van der Waals surface area contributed by atoms with Gasteiger partial charge in [0.25, 0.3) is 0 Å². The minimum absolute atomic E-state index is 0.0835. The number of carboxylic acid groups (broad SMARTS) is 1. The van der Waals surface area contributed by atoms with Crippen LogP contribution in [0.1, 0.15) is 60.4 Å². The zero-order valence-electron chi connectivity index (χ0n) is 18.8. The van der Waals surface area contributed by atoms with E-state index in [0.717, 1.165) is 0 Å². The molecule has 1 atom stereocenters. The summed E-state index contributed by atoms with van der Waals surface area (Å²) >= 11 is 0. The van der Waals surface area contributed by atoms with Crippen molar-refractivity contribution in [1.82, 2.24) is 0 Å². The summed E-state index contributed by atoms with van der Waals surface area (Å²) in [5.74, 6) is -0.137. The Bertz CT molecular complexity index is 957. The Morgan fingerprint density at radius 3 is 2.29 bits per heavy atom. The monoisotopic (exact) mass is 430 g/mol. The molecular weight excluding hydrogens is 400 g/mol. The molecule has 0 aliphatic heterocycles. The van der Waals surface area contributed by atoms with Crippen molar-refractivity contribution in [1.29, 1.82) is 0 Å². The Balaban J connectivity index is 2.10. The smallest absolute Gasteiger partial charge is 0.335 e. The standard InChI is InChI=1S/C24H30O7/c1-14(31-21-11-16(23(27)28)7-9-20(21)29-6)13-30-19-10-8-17(22(26)15(19)2)18(25)12-24(3,4)5/h7-11,14,26H,12-13H2,1-6H3,(H,27,28)/t14-/m0/s1. The highest BCUT2D eigenvalue weighted by Gasteiger charge is 2.22. The fourth-order valence-corrected chi connectivity index (χ4v) is 3.00. The Hall–Kier alpha value is -3.22. The first-order valence-corrected chi connectivity index (χ1v) is 9.99. The number of ether oxygens (including phenoxy) is 3. The van der Waals surface area contributed by atoms with Crippen molar-refractivity contribution < 1.29 is 34.0 Å². The van der Waals surface area contributed by atoms with Crippen LogP contribution in [0, 0.1) is 12.3 Å². The van der Waals surface area contributed by atoms with Crippen molar-refractivity contribution in [2.45, 2.75) is 47.1 Å². The van der Waals surface area contributed by atoms with E-state index in [-0.39, 0.29) is 34.7 Å². The first-order valence-electron chi connectivity index (χ1n) is 9.99. The van der Waals surface area contributed by atoms with Crippen molar-refractivity contribution in [2.75, 3.05) is 13.7 Å². The van der Waals surface area contributed by atoms with Gasteiger partial charge in [0.2, 0.25) is 0 Å². The lowest BCUT2D eigenvalue weighted by molar-refractivity contribution is 0.0695. The highest BCUT2D eigenvalue weighted by atomic mass is 16.5. The number of carbonyl (C=O) groups excluding carboxylic acids is 1. The largest absolute Gasteiger partial charge is 0.507 e. The number of phenols is 1. The molecule has 0 aliphatic rings. The molecule has 0 unspecified atom stereocenters. The van der Waals surface area contributed by atoms with Gasteiger partial charge in [-0.2, -0.15) is 0 Å². The second-order valence-electron chi connectivity index (χ2n) is 8.66. The van der Waals surface area contributed by atoms with Crippen LogP contribution in [0.25, 0.3) is 0 Å². The normalized spacial score (nSPS) is 12.2. The summed E-state index contributed by atoms with van der Waals surface area (Å²) in [6, 6.07) is 7.58. The molecule has 2 aromatic rings. The molecule has 0 saturated heterocycles. The van der Waals surface area contributed by atoms with Gasteiger partial charge < -0.3 is 24.4 Å². The second-order valence-corrected chi connectivity index (χ2v) is 8.66. The topological polar surface area (TPSA) is 102 Å². The molecule has 31 heavy (non-hydrogen) atoms. The Morgan fingerprint density at radius 2 is 1.71 bits per heavy atom. The van der Waals surface area contributed by atoms with E-state index in [1.165, 1.54) is 25.3 Å². The summed E-state index contributed by atoms with van der Waals surface area (Å²) in [4.78, 5) is 23.7. The predicted molar refractivity (Wildman–Crippen MR) is 117 cm³/mol. The molecular formula is C24H30O7. The minimum atomic E-state index is -1.07. The van der Waals surface area contributed by atoms with E-state index in [0.29, 0.717) is 29.2 Å². The van der Waals surface area contributed by atoms with E-state index in [2.05, 4.69) is 0 Å². The minimum Gasteiger partial charge on any atom is -0.507 e.